The Morgan fingerprint density at radius 3 is 2.32 bits per heavy atom. The van der Waals surface area contributed by atoms with E-state index in [0.29, 0.717) is 16.1 Å². The van der Waals surface area contributed by atoms with E-state index in [9.17, 15) is 9.59 Å². The van der Waals surface area contributed by atoms with E-state index >= 15 is 0 Å². The van der Waals surface area contributed by atoms with Gasteiger partial charge in [0.1, 0.15) is 0 Å². The maximum Gasteiger partial charge on any atom is 0.256 e. The third-order valence-electron chi connectivity index (χ3n) is 3.75. The van der Waals surface area contributed by atoms with E-state index in [1.54, 1.807) is 18.2 Å². The Morgan fingerprint density at radius 1 is 0.857 bits per heavy atom. The van der Waals surface area contributed by atoms with Crippen LogP contribution in [0.4, 0.5) is 5.69 Å². The van der Waals surface area contributed by atoms with Gasteiger partial charge in [0.15, 0.2) is 0 Å². The smallest absolute Gasteiger partial charge is 0.256 e. The Morgan fingerprint density at radius 2 is 1.54 bits per heavy atom. The number of hydrogen-bond acceptors (Lipinski definition) is 3. The second-order valence-corrected chi connectivity index (χ2v) is 6.92. The van der Waals surface area contributed by atoms with Gasteiger partial charge in [0.05, 0.1) is 11.3 Å². The van der Waals surface area contributed by atoms with Gasteiger partial charge in [-0.3, -0.25) is 9.59 Å². The Balaban J connectivity index is 1.75. The molecule has 0 aromatic heterocycles. The van der Waals surface area contributed by atoms with Crippen molar-refractivity contribution in [3.8, 4) is 11.8 Å². The van der Waals surface area contributed by atoms with E-state index in [1.807, 2.05) is 60.7 Å². The molecule has 5 heteroatoms. The first kappa shape index (κ1) is 19.3. The average molecular weight is 386 g/mol. The van der Waals surface area contributed by atoms with Gasteiger partial charge in [-0.25, -0.2) is 0 Å². The van der Waals surface area contributed by atoms with Crippen LogP contribution in [0.1, 0.15) is 21.5 Å². The summed E-state index contributed by atoms with van der Waals surface area (Å²) in [5, 5.41) is 2.89. The molecule has 4 nitrogen and oxygen atoms in total. The van der Waals surface area contributed by atoms with Crippen molar-refractivity contribution in [1.82, 2.24) is 0 Å². The molecule has 0 fully saturated rings. The van der Waals surface area contributed by atoms with E-state index < -0.39 is 5.91 Å². The zero-order chi connectivity index (χ0) is 19.8. The van der Waals surface area contributed by atoms with Gasteiger partial charge in [0.25, 0.3) is 5.91 Å². The number of nitrogens with one attached hydrogen (secondary N) is 1. The molecule has 0 unspecified atom stereocenters. The zero-order valence-electron chi connectivity index (χ0n) is 15.0. The van der Waals surface area contributed by atoms with Crippen molar-refractivity contribution >= 4 is 29.3 Å². The quantitative estimate of drug-likeness (QED) is 0.516. The maximum atomic E-state index is 12.7. The van der Waals surface area contributed by atoms with Gasteiger partial charge in [-0.2, -0.15) is 0 Å². The predicted octanol–water partition coefficient (Wildman–Crippen LogP) is 3.92. The summed E-state index contributed by atoms with van der Waals surface area (Å²) in [6, 6.07) is 24.2. The molecule has 138 valence electrons. The number of anilines is 1. The highest BCUT2D eigenvalue weighted by atomic mass is 32.2. The van der Waals surface area contributed by atoms with E-state index in [1.165, 1.54) is 11.8 Å². The van der Waals surface area contributed by atoms with Crippen molar-refractivity contribution < 1.29 is 9.59 Å². The van der Waals surface area contributed by atoms with Gasteiger partial charge in [0.2, 0.25) is 5.91 Å². The fraction of sp³-hybridized carbons (Fsp3) is 0.0435. The van der Waals surface area contributed by atoms with Gasteiger partial charge in [-0.1, -0.05) is 48.2 Å². The number of benzene rings is 3. The number of primary amides is 1. The monoisotopic (exact) mass is 386 g/mol. The van der Waals surface area contributed by atoms with Crippen molar-refractivity contribution in [2.24, 2.45) is 5.73 Å². The van der Waals surface area contributed by atoms with Crippen LogP contribution in [0.2, 0.25) is 0 Å². The first-order chi connectivity index (χ1) is 13.6. The van der Waals surface area contributed by atoms with E-state index in [4.69, 9.17) is 5.73 Å². The van der Waals surface area contributed by atoms with Gasteiger partial charge in [-0.05, 0) is 42.5 Å². The largest absolute Gasteiger partial charge is 0.369 e. The molecular formula is C23H18N2O2S. The molecule has 0 atom stereocenters. The Labute approximate surface area is 168 Å². The van der Waals surface area contributed by atoms with Crippen molar-refractivity contribution in [1.29, 1.82) is 0 Å². The second kappa shape index (κ2) is 9.45. The third-order valence-corrected chi connectivity index (χ3v) is 4.84. The molecule has 0 heterocycles. The summed E-state index contributed by atoms with van der Waals surface area (Å²) < 4.78 is 0. The molecular weight excluding hydrogens is 368 g/mol. The predicted molar refractivity (Wildman–Crippen MR) is 113 cm³/mol. The van der Waals surface area contributed by atoms with Crippen LogP contribution < -0.4 is 11.1 Å². The fourth-order valence-corrected chi connectivity index (χ4v) is 3.26. The van der Waals surface area contributed by atoms with Crippen molar-refractivity contribution in [2.75, 3.05) is 11.1 Å². The molecule has 0 aliphatic carbocycles. The molecule has 3 rings (SSSR count). The molecule has 2 amide bonds. The van der Waals surface area contributed by atoms with Crippen molar-refractivity contribution in [3.05, 3.63) is 95.6 Å². The average Bonchev–Trinajstić information content (AvgIpc) is 2.72. The Bertz CT molecular complexity index is 1050. The van der Waals surface area contributed by atoms with Crippen LogP contribution in [0.5, 0.6) is 0 Å². The highest BCUT2D eigenvalue weighted by molar-refractivity contribution is 8.00. The molecule has 0 saturated carbocycles. The van der Waals surface area contributed by atoms with Crippen molar-refractivity contribution in [3.63, 3.8) is 0 Å². The second-order valence-electron chi connectivity index (χ2n) is 5.90. The number of carbonyl (C=O) groups is 2. The van der Waals surface area contributed by atoms with Crippen LogP contribution in [0.15, 0.2) is 83.8 Å². The van der Waals surface area contributed by atoms with Gasteiger partial charge in [-0.15, -0.1) is 11.8 Å². The molecule has 0 spiro atoms. The molecule has 3 N–H and O–H groups in total. The first-order valence-electron chi connectivity index (χ1n) is 8.60. The number of carbonyl (C=O) groups excluding carboxylic acids is 2. The van der Waals surface area contributed by atoms with Crippen LogP contribution >= 0.6 is 11.8 Å². The van der Waals surface area contributed by atoms with Crippen LogP contribution in [-0.4, -0.2) is 17.6 Å². The van der Waals surface area contributed by atoms with Crippen LogP contribution in [-0.2, 0) is 4.79 Å². The van der Waals surface area contributed by atoms with Gasteiger partial charge >= 0.3 is 0 Å². The fourth-order valence-electron chi connectivity index (χ4n) is 2.47. The van der Waals surface area contributed by atoms with E-state index in [-0.39, 0.29) is 11.7 Å². The lowest BCUT2D eigenvalue weighted by Crippen LogP contribution is -2.15. The summed E-state index contributed by atoms with van der Waals surface area (Å²) in [5.74, 6) is 5.65. The number of thioether (sulfide) groups is 1. The molecule has 3 aromatic rings. The molecule has 0 radical (unpaired) electrons. The summed E-state index contributed by atoms with van der Waals surface area (Å²) >= 11 is 1.25. The number of rotatable bonds is 5. The summed E-state index contributed by atoms with van der Waals surface area (Å²) in [7, 11) is 0. The Kier molecular flexibility index (Phi) is 6.50. The molecule has 0 bridgehead atoms. The summed E-state index contributed by atoms with van der Waals surface area (Å²) in [6.45, 7) is 0. The molecule has 0 aliphatic rings. The zero-order valence-corrected chi connectivity index (χ0v) is 15.8. The first-order valence-corrected chi connectivity index (χ1v) is 9.59. The lowest BCUT2D eigenvalue weighted by molar-refractivity contribution is -0.115. The van der Waals surface area contributed by atoms with Crippen LogP contribution in [0.25, 0.3) is 0 Å². The number of amides is 2. The molecule has 3 aromatic carbocycles. The highest BCUT2D eigenvalue weighted by Gasteiger charge is 2.12. The standard InChI is InChI=1S/C23H18N2O2S/c24-22(26)16-28-21-12-5-4-11-20(21)23(27)25-19-10-6-9-18(15-19)14-13-17-7-2-1-3-8-17/h1-12,15H,16H2,(H2,24,26)(H,25,27). The summed E-state index contributed by atoms with van der Waals surface area (Å²) in [5.41, 5.74) is 8.08. The lowest BCUT2D eigenvalue weighted by Gasteiger charge is -2.09. The SMILES string of the molecule is NC(=O)CSc1ccccc1C(=O)Nc1cccc(C#Cc2ccccc2)c1. The minimum absolute atomic E-state index is 0.120. The maximum absolute atomic E-state index is 12.7. The third kappa shape index (κ3) is 5.50. The summed E-state index contributed by atoms with van der Waals surface area (Å²) in [4.78, 5) is 24.4. The van der Waals surface area contributed by atoms with Gasteiger partial charge < -0.3 is 11.1 Å². The lowest BCUT2D eigenvalue weighted by atomic mass is 10.1. The minimum Gasteiger partial charge on any atom is -0.369 e. The summed E-state index contributed by atoms with van der Waals surface area (Å²) in [6.07, 6.45) is 0. The van der Waals surface area contributed by atoms with Crippen LogP contribution in [0, 0.1) is 11.8 Å². The van der Waals surface area contributed by atoms with Crippen molar-refractivity contribution in [2.45, 2.75) is 4.90 Å². The normalized spacial score (nSPS) is 9.86. The molecule has 0 aliphatic heterocycles. The van der Waals surface area contributed by atoms with Gasteiger partial charge in [0, 0.05) is 21.7 Å². The highest BCUT2D eigenvalue weighted by Crippen LogP contribution is 2.23. The minimum atomic E-state index is -0.426. The number of hydrogen-bond donors (Lipinski definition) is 2. The van der Waals surface area contributed by atoms with Crippen LogP contribution in [0.3, 0.4) is 0 Å². The molecule has 0 saturated heterocycles. The Hall–Kier alpha value is -3.49. The number of nitrogens with two attached hydrogens (primary N) is 1. The molecule has 28 heavy (non-hydrogen) atoms. The van der Waals surface area contributed by atoms with E-state index in [0.717, 1.165) is 11.1 Å². The van der Waals surface area contributed by atoms with E-state index in [2.05, 4.69) is 17.2 Å². The topological polar surface area (TPSA) is 72.2 Å².